The van der Waals surface area contributed by atoms with Gasteiger partial charge in [0.25, 0.3) is 5.91 Å². The molecule has 2 aromatic rings. The van der Waals surface area contributed by atoms with Gasteiger partial charge in [-0.3, -0.25) is 4.79 Å². The summed E-state index contributed by atoms with van der Waals surface area (Å²) < 4.78 is 0. The first-order valence-electron chi connectivity index (χ1n) is 6.95. The third-order valence-electron chi connectivity index (χ3n) is 3.74. The van der Waals surface area contributed by atoms with Crippen molar-refractivity contribution in [2.24, 2.45) is 0 Å². The summed E-state index contributed by atoms with van der Waals surface area (Å²) in [5.74, 6) is -0.957. The van der Waals surface area contributed by atoms with E-state index in [1.54, 1.807) is 0 Å². The van der Waals surface area contributed by atoms with Gasteiger partial charge in [-0.05, 0) is 11.1 Å². The van der Waals surface area contributed by atoms with E-state index >= 15 is 0 Å². The van der Waals surface area contributed by atoms with Crippen molar-refractivity contribution in [2.75, 3.05) is 0 Å². The fourth-order valence-corrected chi connectivity index (χ4v) is 2.69. The van der Waals surface area contributed by atoms with Crippen LogP contribution in [0, 0.1) is 11.3 Å². The highest BCUT2D eigenvalue weighted by Gasteiger charge is 2.40. The maximum Gasteiger partial charge on any atom is 0.290 e. The second-order valence-electron chi connectivity index (χ2n) is 5.11. The first kappa shape index (κ1) is 13.9. The standard InChI is InChI=1S/C18H14N2O2/c19-11-15-16(14-9-5-2-6-10-14)20(18(22)17(15)21)12-13-7-3-1-4-8-13/h1-10,16,21H,12H2. The van der Waals surface area contributed by atoms with Gasteiger partial charge < -0.3 is 10.0 Å². The molecule has 0 aliphatic carbocycles. The van der Waals surface area contributed by atoms with Crippen LogP contribution in [0.1, 0.15) is 17.2 Å². The number of carbonyl (C=O) groups is 1. The normalized spacial score (nSPS) is 17.7. The molecule has 108 valence electrons. The lowest BCUT2D eigenvalue weighted by molar-refractivity contribution is -0.130. The Hall–Kier alpha value is -3.06. The van der Waals surface area contributed by atoms with Gasteiger partial charge in [0, 0.05) is 6.54 Å². The molecule has 0 radical (unpaired) electrons. The fourth-order valence-electron chi connectivity index (χ4n) is 2.69. The Labute approximate surface area is 128 Å². The minimum absolute atomic E-state index is 0.104. The summed E-state index contributed by atoms with van der Waals surface area (Å²) in [4.78, 5) is 13.9. The summed E-state index contributed by atoms with van der Waals surface area (Å²) in [5.41, 5.74) is 1.86. The lowest BCUT2D eigenvalue weighted by Crippen LogP contribution is -2.29. The number of aliphatic hydroxyl groups is 1. The Morgan fingerprint density at radius 1 is 1.05 bits per heavy atom. The summed E-state index contributed by atoms with van der Waals surface area (Å²) in [7, 11) is 0. The number of carbonyl (C=O) groups excluding carboxylic acids is 1. The monoisotopic (exact) mass is 290 g/mol. The van der Waals surface area contributed by atoms with Crippen molar-refractivity contribution in [3.8, 4) is 6.07 Å². The molecule has 0 saturated carbocycles. The summed E-state index contributed by atoms with van der Waals surface area (Å²) in [6.45, 7) is 0.342. The van der Waals surface area contributed by atoms with Gasteiger partial charge in [0.05, 0.1) is 6.04 Å². The van der Waals surface area contributed by atoms with E-state index < -0.39 is 17.7 Å². The van der Waals surface area contributed by atoms with E-state index in [0.29, 0.717) is 6.54 Å². The highest BCUT2D eigenvalue weighted by molar-refractivity contribution is 5.96. The van der Waals surface area contributed by atoms with Crippen LogP contribution in [0.15, 0.2) is 72.0 Å². The SMILES string of the molecule is N#CC1=C(O)C(=O)N(Cc2ccccc2)C1c1ccccc1. The van der Waals surface area contributed by atoms with E-state index in [1.165, 1.54) is 4.90 Å². The number of hydrogen-bond donors (Lipinski definition) is 1. The quantitative estimate of drug-likeness (QED) is 0.944. The number of nitrogens with zero attached hydrogens (tertiary/aromatic N) is 2. The van der Waals surface area contributed by atoms with E-state index in [2.05, 4.69) is 0 Å². The predicted molar refractivity (Wildman–Crippen MR) is 81.4 cm³/mol. The summed E-state index contributed by atoms with van der Waals surface area (Å²) in [6.07, 6.45) is 0. The maximum atomic E-state index is 12.3. The lowest BCUT2D eigenvalue weighted by atomic mass is 10.00. The van der Waals surface area contributed by atoms with Gasteiger partial charge in [0.15, 0.2) is 5.76 Å². The maximum absolute atomic E-state index is 12.3. The first-order valence-corrected chi connectivity index (χ1v) is 6.95. The molecule has 4 heteroatoms. The Morgan fingerprint density at radius 3 is 2.23 bits per heavy atom. The van der Waals surface area contributed by atoms with Gasteiger partial charge in [-0.1, -0.05) is 60.7 Å². The van der Waals surface area contributed by atoms with Crippen LogP contribution in [0.4, 0.5) is 0 Å². The molecule has 1 aliphatic rings. The zero-order valence-corrected chi connectivity index (χ0v) is 11.8. The van der Waals surface area contributed by atoms with E-state index in [-0.39, 0.29) is 5.57 Å². The minimum atomic E-state index is -0.543. The molecule has 4 nitrogen and oxygen atoms in total. The number of amides is 1. The highest BCUT2D eigenvalue weighted by atomic mass is 16.3. The Balaban J connectivity index is 2.01. The van der Waals surface area contributed by atoms with Crippen molar-refractivity contribution in [3.05, 3.63) is 83.1 Å². The molecule has 0 bridgehead atoms. The first-order chi connectivity index (χ1) is 10.7. The van der Waals surface area contributed by atoms with Gasteiger partial charge in [-0.2, -0.15) is 5.26 Å². The van der Waals surface area contributed by atoms with E-state index in [9.17, 15) is 15.2 Å². The van der Waals surface area contributed by atoms with Crippen molar-refractivity contribution >= 4 is 5.91 Å². The lowest BCUT2D eigenvalue weighted by Gasteiger charge is -2.25. The average Bonchev–Trinajstić information content (AvgIpc) is 2.81. The third-order valence-corrected chi connectivity index (χ3v) is 3.74. The Kier molecular flexibility index (Phi) is 3.63. The van der Waals surface area contributed by atoms with Crippen LogP contribution in [0.3, 0.4) is 0 Å². The van der Waals surface area contributed by atoms with Crippen LogP contribution in [-0.4, -0.2) is 15.9 Å². The van der Waals surface area contributed by atoms with Crippen LogP contribution >= 0.6 is 0 Å². The zero-order chi connectivity index (χ0) is 15.5. The highest BCUT2D eigenvalue weighted by Crippen LogP contribution is 2.37. The molecule has 22 heavy (non-hydrogen) atoms. The largest absolute Gasteiger partial charge is 0.502 e. The van der Waals surface area contributed by atoms with Crippen LogP contribution in [0.2, 0.25) is 0 Å². The number of hydrogen-bond acceptors (Lipinski definition) is 3. The molecular weight excluding hydrogens is 276 g/mol. The molecule has 0 fully saturated rings. The Bertz CT molecular complexity index is 761. The minimum Gasteiger partial charge on any atom is -0.502 e. The van der Waals surface area contributed by atoms with E-state index in [0.717, 1.165) is 11.1 Å². The molecule has 1 heterocycles. The summed E-state index contributed by atoms with van der Waals surface area (Å²) in [5, 5.41) is 19.3. The van der Waals surface area contributed by atoms with Crippen molar-refractivity contribution in [1.29, 1.82) is 5.26 Å². The molecule has 0 aromatic heterocycles. The second-order valence-corrected chi connectivity index (χ2v) is 5.11. The van der Waals surface area contributed by atoms with Gasteiger partial charge in [0.2, 0.25) is 0 Å². The molecule has 0 spiro atoms. The van der Waals surface area contributed by atoms with Crippen LogP contribution < -0.4 is 0 Å². The van der Waals surface area contributed by atoms with Crippen LogP contribution in [0.25, 0.3) is 0 Å². The fraction of sp³-hybridized carbons (Fsp3) is 0.111. The van der Waals surface area contributed by atoms with Crippen molar-refractivity contribution < 1.29 is 9.90 Å². The number of nitriles is 1. The molecule has 1 aliphatic heterocycles. The average molecular weight is 290 g/mol. The van der Waals surface area contributed by atoms with Gasteiger partial charge >= 0.3 is 0 Å². The van der Waals surface area contributed by atoms with Crippen LogP contribution in [-0.2, 0) is 11.3 Å². The summed E-state index contributed by atoms with van der Waals surface area (Å²) in [6, 6.07) is 20.2. The number of benzene rings is 2. The number of aliphatic hydroxyl groups excluding tert-OH is 1. The molecule has 1 N–H and O–H groups in total. The molecule has 1 atom stereocenters. The molecule has 0 saturated heterocycles. The topological polar surface area (TPSA) is 64.3 Å². The Morgan fingerprint density at radius 2 is 1.64 bits per heavy atom. The van der Waals surface area contributed by atoms with E-state index in [4.69, 9.17) is 0 Å². The zero-order valence-electron chi connectivity index (χ0n) is 11.8. The van der Waals surface area contributed by atoms with Crippen molar-refractivity contribution in [3.63, 3.8) is 0 Å². The second kappa shape index (κ2) is 5.74. The smallest absolute Gasteiger partial charge is 0.290 e. The number of rotatable bonds is 3. The third kappa shape index (κ3) is 2.33. The van der Waals surface area contributed by atoms with Gasteiger partial charge in [-0.25, -0.2) is 0 Å². The van der Waals surface area contributed by atoms with Crippen molar-refractivity contribution in [2.45, 2.75) is 12.6 Å². The molecule has 3 rings (SSSR count). The molecule has 2 aromatic carbocycles. The molecule has 1 amide bonds. The van der Waals surface area contributed by atoms with Gasteiger partial charge in [0.1, 0.15) is 11.6 Å². The molecule has 1 unspecified atom stereocenters. The van der Waals surface area contributed by atoms with Gasteiger partial charge in [-0.15, -0.1) is 0 Å². The predicted octanol–water partition coefficient (Wildman–Crippen LogP) is 3.11. The van der Waals surface area contributed by atoms with Crippen LogP contribution in [0.5, 0.6) is 0 Å². The summed E-state index contributed by atoms with van der Waals surface area (Å²) >= 11 is 0. The van der Waals surface area contributed by atoms with Crippen molar-refractivity contribution in [1.82, 2.24) is 4.90 Å². The molecular formula is C18H14N2O2. The van der Waals surface area contributed by atoms with E-state index in [1.807, 2.05) is 66.7 Å².